The van der Waals surface area contributed by atoms with E-state index in [4.69, 9.17) is 27.9 Å². The van der Waals surface area contributed by atoms with Crippen LogP contribution in [0.3, 0.4) is 0 Å². The number of amides is 2. The monoisotopic (exact) mass is 459 g/mol. The maximum atomic E-state index is 12.6. The van der Waals surface area contributed by atoms with Crippen LogP contribution in [0.25, 0.3) is 21.7 Å². The fourth-order valence-corrected chi connectivity index (χ4v) is 4.46. The number of thiazole rings is 1. The number of carbonyl (C=O) groups is 1. The molecular weight excluding hydrogens is 445 g/mol. The van der Waals surface area contributed by atoms with Gasteiger partial charge in [0.25, 0.3) is 0 Å². The lowest BCUT2D eigenvalue weighted by Gasteiger charge is -2.26. The minimum absolute atomic E-state index is 0.235. The lowest BCUT2D eigenvalue weighted by molar-refractivity contribution is 0.0564. The quantitative estimate of drug-likeness (QED) is 0.561. The van der Waals surface area contributed by atoms with Crippen molar-refractivity contribution >= 4 is 45.7 Å². The molecule has 2 amide bonds. The number of anilines is 1. The molecule has 1 saturated heterocycles. The molecule has 1 aliphatic rings. The Morgan fingerprint density at radius 3 is 2.57 bits per heavy atom. The van der Waals surface area contributed by atoms with Crippen LogP contribution in [0.5, 0.6) is 0 Å². The maximum absolute atomic E-state index is 12.6. The first kappa shape index (κ1) is 20.6. The minimum Gasteiger partial charge on any atom is -0.378 e. The second-order valence-corrected chi connectivity index (χ2v) is 8.19. The van der Waals surface area contributed by atoms with Crippen molar-refractivity contribution in [3.63, 3.8) is 0 Å². The number of hydrogen-bond donors (Lipinski definition) is 1. The fraction of sp³-hybridized carbons (Fsp3) is 0.200. The Morgan fingerprint density at radius 2 is 1.87 bits per heavy atom. The van der Waals surface area contributed by atoms with E-state index < -0.39 is 0 Å². The van der Waals surface area contributed by atoms with E-state index in [0.29, 0.717) is 42.7 Å². The van der Waals surface area contributed by atoms with Crippen LogP contribution in [0.4, 0.5) is 9.93 Å². The number of nitrogens with one attached hydrogen (secondary N) is 1. The van der Waals surface area contributed by atoms with Gasteiger partial charge in [-0.25, -0.2) is 14.8 Å². The van der Waals surface area contributed by atoms with Gasteiger partial charge in [-0.05, 0) is 24.3 Å². The van der Waals surface area contributed by atoms with Crippen molar-refractivity contribution in [1.82, 2.24) is 14.9 Å². The summed E-state index contributed by atoms with van der Waals surface area (Å²) >= 11 is 13.5. The van der Waals surface area contributed by atoms with Gasteiger partial charge in [0.2, 0.25) is 0 Å². The second-order valence-electron chi connectivity index (χ2n) is 6.42. The molecule has 0 radical (unpaired) electrons. The molecule has 0 saturated carbocycles. The predicted octanol–water partition coefficient (Wildman–Crippen LogP) is 4.91. The highest BCUT2D eigenvalue weighted by molar-refractivity contribution is 7.19. The van der Waals surface area contributed by atoms with Gasteiger partial charge in [0, 0.05) is 24.2 Å². The smallest absolute Gasteiger partial charge is 0.323 e. The summed E-state index contributed by atoms with van der Waals surface area (Å²) in [6.45, 7) is 2.07. The van der Waals surface area contributed by atoms with Crippen LogP contribution >= 0.6 is 34.5 Å². The molecule has 10 heteroatoms. The van der Waals surface area contributed by atoms with Gasteiger partial charge in [-0.15, -0.1) is 0 Å². The summed E-state index contributed by atoms with van der Waals surface area (Å²) in [5.74, 6) is 0. The largest absolute Gasteiger partial charge is 0.378 e. The lowest BCUT2D eigenvalue weighted by Crippen LogP contribution is -2.43. The molecule has 1 fully saturated rings. The molecule has 2 aromatic heterocycles. The zero-order valence-corrected chi connectivity index (χ0v) is 17.9. The van der Waals surface area contributed by atoms with E-state index in [1.807, 2.05) is 6.07 Å². The van der Waals surface area contributed by atoms with E-state index >= 15 is 0 Å². The highest BCUT2D eigenvalue weighted by Gasteiger charge is 2.21. The molecule has 1 aliphatic heterocycles. The van der Waals surface area contributed by atoms with Crippen molar-refractivity contribution < 1.29 is 9.53 Å². The molecule has 0 aliphatic carbocycles. The highest BCUT2D eigenvalue weighted by atomic mass is 35.5. The van der Waals surface area contributed by atoms with Crippen molar-refractivity contribution in [2.24, 2.45) is 0 Å². The van der Waals surface area contributed by atoms with Gasteiger partial charge in [-0.2, -0.15) is 5.26 Å². The lowest BCUT2D eigenvalue weighted by atomic mass is 10.1. The minimum atomic E-state index is -0.235. The Labute approximate surface area is 186 Å². The van der Waals surface area contributed by atoms with Crippen molar-refractivity contribution in [2.45, 2.75) is 0 Å². The zero-order chi connectivity index (χ0) is 21.1. The van der Waals surface area contributed by atoms with Crippen molar-refractivity contribution in [2.75, 3.05) is 31.6 Å². The number of hydrogen-bond acceptors (Lipinski definition) is 6. The molecule has 0 atom stereocenters. The van der Waals surface area contributed by atoms with E-state index in [1.165, 1.54) is 11.3 Å². The molecule has 0 bridgehead atoms. The van der Waals surface area contributed by atoms with Crippen molar-refractivity contribution in [3.8, 4) is 27.8 Å². The van der Waals surface area contributed by atoms with E-state index in [1.54, 1.807) is 35.2 Å². The highest BCUT2D eigenvalue weighted by Crippen LogP contribution is 2.40. The molecular formula is C20H15Cl2N5O2S. The average molecular weight is 460 g/mol. The molecule has 30 heavy (non-hydrogen) atoms. The molecule has 152 valence electrons. The number of nitriles is 1. The van der Waals surface area contributed by atoms with Crippen LogP contribution in [-0.4, -0.2) is 47.2 Å². The van der Waals surface area contributed by atoms with E-state index in [2.05, 4.69) is 21.4 Å². The number of rotatable bonds is 3. The number of pyridine rings is 1. The van der Waals surface area contributed by atoms with Crippen LogP contribution in [0, 0.1) is 11.3 Å². The first-order valence-corrected chi connectivity index (χ1v) is 10.6. The normalized spacial score (nSPS) is 13.7. The third-order valence-corrected chi connectivity index (χ3v) is 5.84. The summed E-state index contributed by atoms with van der Waals surface area (Å²) in [4.78, 5) is 23.7. The van der Waals surface area contributed by atoms with Gasteiger partial charge in [-0.1, -0.05) is 46.7 Å². The molecule has 0 unspecified atom stereocenters. The molecule has 3 heterocycles. The predicted molar refractivity (Wildman–Crippen MR) is 117 cm³/mol. The number of nitrogens with zero attached hydrogens (tertiary/aromatic N) is 4. The Balaban J connectivity index is 1.75. The summed E-state index contributed by atoms with van der Waals surface area (Å²) in [6.07, 6.45) is 0. The Hall–Kier alpha value is -2.70. The zero-order valence-electron chi connectivity index (χ0n) is 15.6. The Kier molecular flexibility index (Phi) is 6.16. The summed E-state index contributed by atoms with van der Waals surface area (Å²) in [7, 11) is 0. The van der Waals surface area contributed by atoms with Gasteiger partial charge >= 0.3 is 6.03 Å². The second kappa shape index (κ2) is 8.98. The molecule has 4 rings (SSSR count). The number of carbonyl (C=O) groups excluding carboxylic acids is 1. The first-order chi connectivity index (χ1) is 14.5. The van der Waals surface area contributed by atoms with E-state index in [-0.39, 0.29) is 16.3 Å². The summed E-state index contributed by atoms with van der Waals surface area (Å²) < 4.78 is 5.29. The topological polar surface area (TPSA) is 91.1 Å². The number of ether oxygens (including phenoxy) is 1. The molecule has 1 aromatic carbocycles. The van der Waals surface area contributed by atoms with E-state index in [9.17, 15) is 10.1 Å². The Morgan fingerprint density at radius 1 is 1.13 bits per heavy atom. The number of benzene rings is 1. The van der Waals surface area contributed by atoms with Crippen LogP contribution in [-0.2, 0) is 4.74 Å². The molecule has 7 nitrogen and oxygen atoms in total. The average Bonchev–Trinajstić information content (AvgIpc) is 3.17. The summed E-state index contributed by atoms with van der Waals surface area (Å²) in [5, 5.41) is 13.1. The van der Waals surface area contributed by atoms with Crippen LogP contribution < -0.4 is 5.32 Å². The number of aromatic nitrogens is 2. The summed E-state index contributed by atoms with van der Waals surface area (Å²) in [6, 6.07) is 12.4. The van der Waals surface area contributed by atoms with Gasteiger partial charge < -0.3 is 9.64 Å². The molecule has 3 aromatic rings. The molecule has 1 N–H and O–H groups in total. The standard InChI is InChI=1S/C20H15Cl2N5O2S/c21-15-9-14(10-16(22)24-15)18-17(13-3-1-2-12(8-13)11-23)25-19(30-18)26-20(28)27-4-6-29-7-5-27/h1-3,8-10H,4-7H2,(H,25,26,28). The van der Waals surface area contributed by atoms with Gasteiger partial charge in [-0.3, -0.25) is 5.32 Å². The van der Waals surface area contributed by atoms with Crippen molar-refractivity contribution in [3.05, 3.63) is 52.3 Å². The van der Waals surface area contributed by atoms with Crippen LogP contribution in [0.15, 0.2) is 36.4 Å². The maximum Gasteiger partial charge on any atom is 0.323 e. The summed E-state index contributed by atoms with van der Waals surface area (Å²) in [5.41, 5.74) is 2.60. The Bertz CT molecular complexity index is 1120. The SMILES string of the molecule is N#Cc1cccc(-c2nc(NC(=O)N3CCOCC3)sc2-c2cc(Cl)nc(Cl)c2)c1. The number of urea groups is 1. The third-order valence-electron chi connectivity index (χ3n) is 4.43. The van der Waals surface area contributed by atoms with Crippen molar-refractivity contribution in [1.29, 1.82) is 5.26 Å². The fourth-order valence-electron chi connectivity index (χ4n) is 3.03. The molecule has 0 spiro atoms. The van der Waals surface area contributed by atoms with E-state index in [0.717, 1.165) is 16.0 Å². The van der Waals surface area contributed by atoms with Gasteiger partial charge in [0.15, 0.2) is 5.13 Å². The first-order valence-electron chi connectivity index (χ1n) is 9.02. The van der Waals surface area contributed by atoms with Crippen LogP contribution in [0.2, 0.25) is 10.3 Å². The number of morpholine rings is 1. The van der Waals surface area contributed by atoms with Crippen LogP contribution in [0.1, 0.15) is 5.56 Å². The third kappa shape index (κ3) is 4.55. The van der Waals surface area contributed by atoms with Gasteiger partial charge in [0.05, 0.1) is 35.4 Å². The number of halogens is 2. The van der Waals surface area contributed by atoms with Gasteiger partial charge in [0.1, 0.15) is 10.3 Å².